The molecule has 0 aromatic heterocycles. The van der Waals surface area contributed by atoms with Gasteiger partial charge in [-0.3, -0.25) is 9.10 Å². The van der Waals surface area contributed by atoms with Crippen LogP contribution in [0.1, 0.15) is 18.1 Å². The molecule has 0 radical (unpaired) electrons. The lowest BCUT2D eigenvalue weighted by Gasteiger charge is -2.25. The van der Waals surface area contributed by atoms with Gasteiger partial charge < -0.3 is 5.11 Å². The Balaban J connectivity index is 1.88. The molecule has 0 atom stereocenters. The molecule has 0 spiro atoms. The van der Waals surface area contributed by atoms with Crippen molar-refractivity contribution < 1.29 is 18.3 Å². The Morgan fingerprint density at radius 1 is 1.00 bits per heavy atom. The average Bonchev–Trinajstić information content (AvgIpc) is 2.79. The number of nitrogens with one attached hydrogen (secondary N) is 1. The zero-order valence-electron chi connectivity index (χ0n) is 17.0. The number of nitrogens with zero attached hydrogens (tertiary/aromatic N) is 2. The molecule has 3 aromatic carbocycles. The van der Waals surface area contributed by atoms with Gasteiger partial charge in [-0.05, 0) is 42.3 Å². The van der Waals surface area contributed by atoms with E-state index in [1.165, 1.54) is 24.4 Å². The maximum Gasteiger partial charge on any atom is 0.264 e. The SMILES string of the molecule is CCc1ccccc1N(CC(=O)N/N=C\c1ccccc1O)S(=O)(=O)c1ccccc1. The highest BCUT2D eigenvalue weighted by atomic mass is 32.2. The lowest BCUT2D eigenvalue weighted by molar-refractivity contribution is -0.119. The summed E-state index contributed by atoms with van der Waals surface area (Å²) in [5.74, 6) is -0.595. The third-order valence-electron chi connectivity index (χ3n) is 4.59. The number of aryl methyl sites for hydroxylation is 1. The van der Waals surface area contributed by atoms with E-state index in [2.05, 4.69) is 10.5 Å². The van der Waals surface area contributed by atoms with Gasteiger partial charge in [-0.15, -0.1) is 0 Å². The van der Waals surface area contributed by atoms with Crippen LogP contribution < -0.4 is 9.73 Å². The number of carbonyl (C=O) groups is 1. The standard InChI is InChI=1S/C23H23N3O4S/c1-2-18-10-6-8-14-21(18)26(31(29,30)20-12-4-3-5-13-20)17-23(28)25-24-16-19-11-7-9-15-22(19)27/h3-16,27H,2,17H2,1H3,(H,25,28)/b24-16-. The minimum atomic E-state index is -3.99. The number of phenolic OH excluding ortho intramolecular Hbond substituents is 1. The number of rotatable bonds is 8. The quantitative estimate of drug-likeness (QED) is 0.417. The van der Waals surface area contributed by atoms with Gasteiger partial charge in [0.05, 0.1) is 16.8 Å². The van der Waals surface area contributed by atoms with Crippen LogP contribution in [0.15, 0.2) is 88.9 Å². The molecule has 0 unspecified atom stereocenters. The molecular formula is C23H23N3O4S. The van der Waals surface area contributed by atoms with Crippen molar-refractivity contribution in [1.82, 2.24) is 5.43 Å². The van der Waals surface area contributed by atoms with E-state index in [1.54, 1.807) is 48.5 Å². The van der Waals surface area contributed by atoms with Gasteiger partial charge in [-0.25, -0.2) is 13.8 Å². The highest BCUT2D eigenvalue weighted by Gasteiger charge is 2.28. The molecule has 0 saturated heterocycles. The van der Waals surface area contributed by atoms with Crippen molar-refractivity contribution in [2.24, 2.45) is 5.10 Å². The van der Waals surface area contributed by atoms with E-state index in [-0.39, 0.29) is 10.6 Å². The highest BCUT2D eigenvalue weighted by molar-refractivity contribution is 7.92. The van der Waals surface area contributed by atoms with E-state index in [9.17, 15) is 18.3 Å². The van der Waals surface area contributed by atoms with Crippen molar-refractivity contribution in [3.8, 4) is 5.75 Å². The lowest BCUT2D eigenvalue weighted by Crippen LogP contribution is -2.40. The highest BCUT2D eigenvalue weighted by Crippen LogP contribution is 2.27. The molecule has 3 aromatic rings. The van der Waals surface area contributed by atoms with Gasteiger partial charge >= 0.3 is 0 Å². The lowest BCUT2D eigenvalue weighted by atomic mass is 10.1. The summed E-state index contributed by atoms with van der Waals surface area (Å²) in [6.07, 6.45) is 1.90. The van der Waals surface area contributed by atoms with E-state index in [0.29, 0.717) is 17.7 Å². The Morgan fingerprint density at radius 3 is 2.35 bits per heavy atom. The van der Waals surface area contributed by atoms with Crippen LogP contribution >= 0.6 is 0 Å². The van der Waals surface area contributed by atoms with E-state index in [1.807, 2.05) is 19.1 Å². The molecule has 7 nitrogen and oxygen atoms in total. The zero-order chi connectivity index (χ0) is 22.3. The Kier molecular flexibility index (Phi) is 7.04. The van der Waals surface area contributed by atoms with E-state index in [0.717, 1.165) is 9.87 Å². The van der Waals surface area contributed by atoms with Gasteiger partial charge in [-0.2, -0.15) is 5.10 Å². The first-order valence-electron chi connectivity index (χ1n) is 9.69. The smallest absolute Gasteiger partial charge is 0.264 e. The van der Waals surface area contributed by atoms with Gasteiger partial charge in [0, 0.05) is 5.56 Å². The fraction of sp³-hybridized carbons (Fsp3) is 0.130. The van der Waals surface area contributed by atoms with E-state index in [4.69, 9.17) is 0 Å². The van der Waals surface area contributed by atoms with Crippen LogP contribution in [0.2, 0.25) is 0 Å². The molecule has 0 fully saturated rings. The number of benzene rings is 3. The third-order valence-corrected chi connectivity index (χ3v) is 6.36. The molecule has 3 rings (SSSR count). The molecule has 160 valence electrons. The second-order valence-corrected chi connectivity index (χ2v) is 8.52. The summed E-state index contributed by atoms with van der Waals surface area (Å²) in [7, 11) is -3.99. The molecule has 31 heavy (non-hydrogen) atoms. The first-order chi connectivity index (χ1) is 14.9. The number of aromatic hydroxyl groups is 1. The van der Waals surface area contributed by atoms with Gasteiger partial charge in [0.25, 0.3) is 15.9 Å². The second-order valence-electron chi connectivity index (χ2n) is 6.66. The van der Waals surface area contributed by atoms with E-state index < -0.39 is 22.5 Å². The molecule has 0 aliphatic heterocycles. The Labute approximate surface area is 181 Å². The summed E-state index contributed by atoms with van der Waals surface area (Å²) < 4.78 is 27.8. The molecule has 0 aliphatic rings. The van der Waals surface area contributed by atoms with Gasteiger partial charge in [-0.1, -0.05) is 55.5 Å². The van der Waals surface area contributed by atoms with Crippen molar-refractivity contribution in [1.29, 1.82) is 0 Å². The summed E-state index contributed by atoms with van der Waals surface area (Å²) in [5.41, 5.74) is 3.99. The molecule has 1 amide bonds. The van der Waals surface area contributed by atoms with Crippen molar-refractivity contribution in [2.45, 2.75) is 18.2 Å². The molecule has 0 bridgehead atoms. The van der Waals surface area contributed by atoms with Crippen molar-refractivity contribution in [2.75, 3.05) is 10.8 Å². The topological polar surface area (TPSA) is 99.1 Å². The zero-order valence-corrected chi connectivity index (χ0v) is 17.8. The maximum absolute atomic E-state index is 13.4. The van der Waals surface area contributed by atoms with Crippen molar-refractivity contribution >= 4 is 27.8 Å². The number of para-hydroxylation sites is 2. The summed E-state index contributed by atoms with van der Waals surface area (Å²) >= 11 is 0. The number of hydrazone groups is 1. The summed E-state index contributed by atoms with van der Waals surface area (Å²) in [6.45, 7) is 1.47. The molecule has 0 aliphatic carbocycles. The largest absolute Gasteiger partial charge is 0.507 e. The molecule has 0 saturated carbocycles. The first kappa shape index (κ1) is 22.0. The van der Waals surface area contributed by atoms with Crippen LogP contribution in [0.3, 0.4) is 0 Å². The number of amides is 1. The predicted octanol–water partition coefficient (Wildman–Crippen LogP) is 3.30. The van der Waals surface area contributed by atoms with Crippen LogP contribution in [0.25, 0.3) is 0 Å². The summed E-state index contributed by atoms with van der Waals surface area (Å²) in [5, 5.41) is 13.6. The number of hydrogen-bond acceptors (Lipinski definition) is 5. The van der Waals surface area contributed by atoms with Crippen LogP contribution in [0.5, 0.6) is 5.75 Å². The summed E-state index contributed by atoms with van der Waals surface area (Å²) in [6, 6.07) is 21.6. The fourth-order valence-corrected chi connectivity index (χ4v) is 4.49. The second kappa shape index (κ2) is 9.90. The minimum absolute atomic E-state index is 0.0191. The van der Waals surface area contributed by atoms with Gasteiger partial charge in [0.2, 0.25) is 0 Å². The monoisotopic (exact) mass is 437 g/mol. The molecule has 0 heterocycles. The predicted molar refractivity (Wildman–Crippen MR) is 121 cm³/mol. The molecule has 8 heteroatoms. The van der Waals surface area contributed by atoms with Gasteiger partial charge in [0.1, 0.15) is 12.3 Å². The normalized spacial score (nSPS) is 11.4. The Hall–Kier alpha value is -3.65. The Bertz CT molecular complexity index is 1180. The third kappa shape index (κ3) is 5.29. The number of phenols is 1. The number of sulfonamides is 1. The van der Waals surface area contributed by atoms with Crippen LogP contribution in [0.4, 0.5) is 5.69 Å². The first-order valence-corrected chi connectivity index (χ1v) is 11.1. The van der Waals surface area contributed by atoms with Crippen LogP contribution in [0, 0.1) is 0 Å². The molecule has 2 N–H and O–H groups in total. The maximum atomic E-state index is 13.4. The number of carbonyl (C=O) groups excluding carboxylic acids is 1. The molecular weight excluding hydrogens is 414 g/mol. The minimum Gasteiger partial charge on any atom is -0.507 e. The van der Waals surface area contributed by atoms with Gasteiger partial charge in [0.15, 0.2) is 0 Å². The van der Waals surface area contributed by atoms with Crippen LogP contribution in [-0.4, -0.2) is 32.2 Å². The number of hydrogen-bond donors (Lipinski definition) is 2. The summed E-state index contributed by atoms with van der Waals surface area (Å²) in [4.78, 5) is 12.7. The Morgan fingerprint density at radius 2 is 1.65 bits per heavy atom. The van der Waals surface area contributed by atoms with Crippen molar-refractivity contribution in [3.05, 3.63) is 90.0 Å². The van der Waals surface area contributed by atoms with Crippen molar-refractivity contribution in [3.63, 3.8) is 0 Å². The average molecular weight is 438 g/mol. The fourth-order valence-electron chi connectivity index (χ4n) is 3.01. The van der Waals surface area contributed by atoms with Crippen LogP contribution in [-0.2, 0) is 21.2 Å². The number of anilines is 1. The van der Waals surface area contributed by atoms with E-state index >= 15 is 0 Å².